The summed E-state index contributed by atoms with van der Waals surface area (Å²) in [5.74, 6) is 0.589. The predicted octanol–water partition coefficient (Wildman–Crippen LogP) is 1.54. The summed E-state index contributed by atoms with van der Waals surface area (Å²) < 4.78 is 10.4. The van der Waals surface area contributed by atoms with Crippen molar-refractivity contribution in [1.29, 1.82) is 0 Å². The first kappa shape index (κ1) is 9.98. The van der Waals surface area contributed by atoms with Crippen molar-refractivity contribution >= 4 is 11.5 Å². The second-order valence-corrected chi connectivity index (χ2v) is 3.29. The Morgan fingerprint density at radius 1 is 1.53 bits per heavy atom. The highest BCUT2D eigenvalue weighted by Gasteiger charge is 2.20. The number of rotatable bonds is 2. The van der Waals surface area contributed by atoms with Crippen LogP contribution in [-0.2, 0) is 11.3 Å². The Morgan fingerprint density at radius 3 is 3.07 bits per heavy atom. The van der Waals surface area contributed by atoms with Crippen LogP contribution in [0.1, 0.15) is 22.3 Å². The highest BCUT2D eigenvalue weighted by molar-refractivity contribution is 6.03. The molecule has 0 saturated heterocycles. The van der Waals surface area contributed by atoms with E-state index in [1.807, 2.05) is 0 Å². The lowest BCUT2D eigenvalue weighted by atomic mass is 9.99. The van der Waals surface area contributed by atoms with Crippen LogP contribution >= 0.6 is 0 Å². The van der Waals surface area contributed by atoms with Crippen molar-refractivity contribution in [3.05, 3.63) is 30.2 Å². The molecule has 79 valence electrons. The molecular formula is C11H12NO3. The van der Waals surface area contributed by atoms with E-state index >= 15 is 0 Å². The molecule has 4 nitrogen and oxygen atoms in total. The molecule has 15 heavy (non-hydrogen) atoms. The lowest BCUT2D eigenvalue weighted by Gasteiger charge is -2.20. The number of carbonyl (C=O) groups is 1. The molecule has 0 aromatic heterocycles. The minimum atomic E-state index is -0.0848. The molecule has 1 radical (unpaired) electrons. The van der Waals surface area contributed by atoms with Gasteiger partial charge in [0.2, 0.25) is 0 Å². The molecule has 1 aliphatic heterocycles. The Kier molecular flexibility index (Phi) is 2.60. The van der Waals surface area contributed by atoms with Gasteiger partial charge in [-0.2, -0.15) is 0 Å². The number of hydrogen-bond donors (Lipinski definition) is 1. The quantitative estimate of drug-likeness (QED) is 0.589. The summed E-state index contributed by atoms with van der Waals surface area (Å²) >= 11 is 0. The maximum atomic E-state index is 11.7. The SMILES string of the molecule is [CH2]CC(=O)c1c(N)ccc2c1COCO2. The topological polar surface area (TPSA) is 61.6 Å². The standard InChI is InChI=1S/C11H12NO3/c1-2-9(13)11-7-5-14-6-15-10(7)4-3-8(11)12/h3-4H,1-2,5-6,12H2. The first-order chi connectivity index (χ1) is 7.24. The first-order valence-corrected chi connectivity index (χ1v) is 4.68. The van der Waals surface area contributed by atoms with Crippen LogP contribution in [0.5, 0.6) is 5.75 Å². The van der Waals surface area contributed by atoms with Gasteiger partial charge in [0.1, 0.15) is 5.75 Å². The minimum Gasteiger partial charge on any atom is -0.467 e. The third kappa shape index (κ3) is 1.68. The van der Waals surface area contributed by atoms with Crippen LogP contribution in [0.4, 0.5) is 5.69 Å². The van der Waals surface area contributed by atoms with Crippen LogP contribution in [0.2, 0.25) is 0 Å². The van der Waals surface area contributed by atoms with E-state index in [2.05, 4.69) is 6.92 Å². The molecule has 4 heteroatoms. The zero-order valence-electron chi connectivity index (χ0n) is 8.29. The summed E-state index contributed by atoms with van der Waals surface area (Å²) in [6.07, 6.45) is 0.181. The molecule has 2 rings (SSSR count). The van der Waals surface area contributed by atoms with Crippen LogP contribution < -0.4 is 10.5 Å². The van der Waals surface area contributed by atoms with Crippen molar-refractivity contribution in [2.75, 3.05) is 12.5 Å². The van der Waals surface area contributed by atoms with E-state index in [-0.39, 0.29) is 19.0 Å². The van der Waals surface area contributed by atoms with Crippen molar-refractivity contribution in [3.63, 3.8) is 0 Å². The third-order valence-corrected chi connectivity index (χ3v) is 2.35. The van der Waals surface area contributed by atoms with Gasteiger partial charge >= 0.3 is 0 Å². The summed E-state index contributed by atoms with van der Waals surface area (Å²) in [4.78, 5) is 11.7. The van der Waals surface area contributed by atoms with E-state index < -0.39 is 0 Å². The monoisotopic (exact) mass is 206 g/mol. The van der Waals surface area contributed by atoms with Crippen molar-refractivity contribution in [2.24, 2.45) is 0 Å². The lowest BCUT2D eigenvalue weighted by molar-refractivity contribution is -0.0166. The average Bonchev–Trinajstić information content (AvgIpc) is 2.28. The fraction of sp³-hybridized carbons (Fsp3) is 0.273. The van der Waals surface area contributed by atoms with Gasteiger partial charge in [-0.1, -0.05) is 0 Å². The number of fused-ring (bicyclic) bond motifs is 1. The van der Waals surface area contributed by atoms with Gasteiger partial charge in [0.25, 0.3) is 0 Å². The van der Waals surface area contributed by atoms with E-state index in [0.29, 0.717) is 23.6 Å². The van der Waals surface area contributed by atoms with E-state index in [0.717, 1.165) is 5.56 Å². The molecule has 1 heterocycles. The van der Waals surface area contributed by atoms with Crippen LogP contribution in [-0.4, -0.2) is 12.6 Å². The molecule has 1 aliphatic rings. The molecule has 2 N–H and O–H groups in total. The Balaban J connectivity index is 2.55. The second kappa shape index (κ2) is 3.90. The first-order valence-electron chi connectivity index (χ1n) is 4.68. The van der Waals surface area contributed by atoms with E-state index in [1.54, 1.807) is 12.1 Å². The second-order valence-electron chi connectivity index (χ2n) is 3.29. The highest BCUT2D eigenvalue weighted by atomic mass is 16.7. The fourth-order valence-electron chi connectivity index (χ4n) is 1.63. The van der Waals surface area contributed by atoms with Gasteiger partial charge in [-0.05, 0) is 19.1 Å². The lowest BCUT2D eigenvalue weighted by Crippen LogP contribution is -2.16. The van der Waals surface area contributed by atoms with E-state index in [4.69, 9.17) is 15.2 Å². The number of ketones is 1. The average molecular weight is 206 g/mol. The Labute approximate surface area is 88.0 Å². The molecule has 0 atom stereocenters. The smallest absolute Gasteiger partial charge is 0.189 e. The number of Topliss-reactive ketones (excluding diaryl/α,β-unsaturated/α-hetero) is 1. The minimum absolute atomic E-state index is 0.0848. The number of carbonyl (C=O) groups excluding carboxylic acids is 1. The molecular weight excluding hydrogens is 194 g/mol. The van der Waals surface area contributed by atoms with Gasteiger partial charge in [-0.25, -0.2) is 0 Å². The number of ether oxygens (including phenoxy) is 2. The Bertz CT molecular complexity index is 401. The summed E-state index contributed by atoms with van der Waals surface area (Å²) in [5.41, 5.74) is 7.44. The summed E-state index contributed by atoms with van der Waals surface area (Å²) in [6, 6.07) is 3.43. The zero-order valence-corrected chi connectivity index (χ0v) is 8.29. The van der Waals surface area contributed by atoms with Gasteiger partial charge < -0.3 is 15.2 Å². The van der Waals surface area contributed by atoms with Gasteiger partial charge in [0, 0.05) is 23.2 Å². The Morgan fingerprint density at radius 2 is 2.33 bits per heavy atom. The maximum Gasteiger partial charge on any atom is 0.189 e. The van der Waals surface area contributed by atoms with Crippen molar-refractivity contribution in [3.8, 4) is 5.75 Å². The van der Waals surface area contributed by atoms with E-state index in [1.165, 1.54) is 0 Å². The normalized spacial score (nSPS) is 14.2. The van der Waals surface area contributed by atoms with Gasteiger partial charge in [0.15, 0.2) is 12.6 Å². The molecule has 1 aromatic carbocycles. The Hall–Kier alpha value is -1.55. The van der Waals surface area contributed by atoms with Crippen LogP contribution in [0, 0.1) is 6.92 Å². The predicted molar refractivity (Wildman–Crippen MR) is 55.4 cm³/mol. The molecule has 0 fully saturated rings. The van der Waals surface area contributed by atoms with Gasteiger partial charge in [0.05, 0.1) is 6.61 Å². The van der Waals surface area contributed by atoms with Crippen LogP contribution in [0.3, 0.4) is 0 Å². The highest BCUT2D eigenvalue weighted by Crippen LogP contribution is 2.31. The summed E-state index contributed by atoms with van der Waals surface area (Å²) in [5, 5.41) is 0. The molecule has 0 amide bonds. The largest absolute Gasteiger partial charge is 0.467 e. The molecule has 0 unspecified atom stereocenters. The molecule has 0 aliphatic carbocycles. The summed E-state index contributed by atoms with van der Waals surface area (Å²) in [7, 11) is 0. The summed E-state index contributed by atoms with van der Waals surface area (Å²) in [6.45, 7) is 4.15. The number of anilines is 1. The molecule has 0 spiro atoms. The molecule has 0 saturated carbocycles. The number of hydrogen-bond acceptors (Lipinski definition) is 4. The number of benzene rings is 1. The number of nitrogen functional groups attached to an aromatic ring is 1. The van der Waals surface area contributed by atoms with Crippen LogP contribution in [0.25, 0.3) is 0 Å². The van der Waals surface area contributed by atoms with Gasteiger partial charge in [-0.3, -0.25) is 4.79 Å². The van der Waals surface area contributed by atoms with Gasteiger partial charge in [-0.15, -0.1) is 0 Å². The maximum absolute atomic E-state index is 11.7. The molecule has 0 bridgehead atoms. The van der Waals surface area contributed by atoms with Crippen molar-refractivity contribution in [2.45, 2.75) is 13.0 Å². The van der Waals surface area contributed by atoms with E-state index in [9.17, 15) is 4.79 Å². The fourth-order valence-corrected chi connectivity index (χ4v) is 1.63. The van der Waals surface area contributed by atoms with Crippen molar-refractivity contribution in [1.82, 2.24) is 0 Å². The zero-order chi connectivity index (χ0) is 10.8. The molecule has 1 aromatic rings. The third-order valence-electron chi connectivity index (χ3n) is 2.35. The number of nitrogens with two attached hydrogens (primary N) is 1. The van der Waals surface area contributed by atoms with Crippen LogP contribution in [0.15, 0.2) is 12.1 Å². The van der Waals surface area contributed by atoms with Crippen molar-refractivity contribution < 1.29 is 14.3 Å².